The lowest BCUT2D eigenvalue weighted by molar-refractivity contribution is -0.161. The molecule has 0 aliphatic carbocycles. The van der Waals surface area contributed by atoms with E-state index in [4.69, 9.17) is 37.0 Å². The minimum Gasteiger partial charge on any atom is -0.462 e. The van der Waals surface area contributed by atoms with Gasteiger partial charge in [0.1, 0.15) is 19.3 Å². The van der Waals surface area contributed by atoms with Crippen LogP contribution in [-0.2, 0) is 65.4 Å². The van der Waals surface area contributed by atoms with Crippen molar-refractivity contribution in [3.05, 3.63) is 170 Å². The number of carbonyl (C=O) groups is 4. The molecule has 0 aromatic heterocycles. The van der Waals surface area contributed by atoms with Crippen molar-refractivity contribution in [2.75, 3.05) is 39.6 Å². The lowest BCUT2D eigenvalue weighted by Gasteiger charge is -2.21. The van der Waals surface area contributed by atoms with Crippen LogP contribution in [0.2, 0.25) is 0 Å². The summed E-state index contributed by atoms with van der Waals surface area (Å²) in [6, 6.07) is 0. The molecule has 0 fully saturated rings. The number of aliphatic hydroxyl groups is 1. The molecule has 0 amide bonds. The molecule has 0 rings (SSSR count). The summed E-state index contributed by atoms with van der Waals surface area (Å²) in [6.07, 6.45) is 97.5. The Morgan fingerprint density at radius 2 is 0.491 bits per heavy atom. The number of esters is 4. The molecule has 5 unspecified atom stereocenters. The zero-order valence-electron chi connectivity index (χ0n) is 68.6. The van der Waals surface area contributed by atoms with Gasteiger partial charge in [-0.15, -0.1) is 0 Å². The molecule has 17 nitrogen and oxygen atoms in total. The van der Waals surface area contributed by atoms with Crippen LogP contribution in [0.5, 0.6) is 0 Å². The maximum Gasteiger partial charge on any atom is 0.472 e. The Balaban J connectivity index is 5.49. The molecule has 0 aromatic rings. The lowest BCUT2D eigenvalue weighted by atomic mass is 10.1. The fourth-order valence-electron chi connectivity index (χ4n) is 10.8. The fourth-order valence-corrected chi connectivity index (χ4v) is 12.3. The number of phosphoric acid groups is 2. The first-order chi connectivity index (χ1) is 53.7. The molecular formula is C91H150O17P2. The summed E-state index contributed by atoms with van der Waals surface area (Å²) < 4.78 is 68.7. The van der Waals surface area contributed by atoms with Crippen LogP contribution in [-0.4, -0.2) is 96.7 Å². The summed E-state index contributed by atoms with van der Waals surface area (Å²) in [5, 5.41) is 10.7. The van der Waals surface area contributed by atoms with Crippen molar-refractivity contribution >= 4 is 39.5 Å². The highest BCUT2D eigenvalue weighted by molar-refractivity contribution is 7.47. The molecule has 110 heavy (non-hydrogen) atoms. The van der Waals surface area contributed by atoms with Gasteiger partial charge >= 0.3 is 39.5 Å². The quantitative estimate of drug-likeness (QED) is 0.0169. The smallest absolute Gasteiger partial charge is 0.462 e. The molecule has 0 aromatic carbocycles. The van der Waals surface area contributed by atoms with Crippen molar-refractivity contribution in [3.8, 4) is 0 Å². The van der Waals surface area contributed by atoms with Crippen LogP contribution < -0.4 is 0 Å². The number of allylic oxidation sites excluding steroid dienone is 28. The predicted octanol–water partition coefficient (Wildman–Crippen LogP) is 25.3. The highest BCUT2D eigenvalue weighted by atomic mass is 31.2. The van der Waals surface area contributed by atoms with Gasteiger partial charge < -0.3 is 33.8 Å². The summed E-state index contributed by atoms with van der Waals surface area (Å²) in [5.74, 6) is -2.32. The number of rotatable bonds is 78. The van der Waals surface area contributed by atoms with E-state index in [1.807, 2.05) is 18.2 Å². The van der Waals surface area contributed by atoms with Crippen LogP contribution in [0.3, 0.4) is 0 Å². The molecule has 5 atom stereocenters. The van der Waals surface area contributed by atoms with E-state index in [-0.39, 0.29) is 25.7 Å². The highest BCUT2D eigenvalue weighted by Crippen LogP contribution is 2.45. The minimum absolute atomic E-state index is 0.0274. The fraction of sp³-hybridized carbons (Fsp3) is 0.648. The zero-order valence-corrected chi connectivity index (χ0v) is 70.4. The van der Waals surface area contributed by atoms with Gasteiger partial charge in [0.15, 0.2) is 12.2 Å². The van der Waals surface area contributed by atoms with Crippen LogP contribution in [0.1, 0.15) is 323 Å². The van der Waals surface area contributed by atoms with Gasteiger partial charge in [-0.05, 0) is 167 Å². The van der Waals surface area contributed by atoms with Gasteiger partial charge in [0, 0.05) is 25.7 Å². The first-order valence-electron chi connectivity index (χ1n) is 42.4. The Morgan fingerprint density at radius 1 is 0.264 bits per heavy atom. The second-order valence-corrected chi connectivity index (χ2v) is 30.6. The van der Waals surface area contributed by atoms with E-state index < -0.39 is 97.5 Å². The summed E-state index contributed by atoms with van der Waals surface area (Å²) in [4.78, 5) is 73.2. The van der Waals surface area contributed by atoms with Gasteiger partial charge in [-0.1, -0.05) is 301 Å². The summed E-state index contributed by atoms with van der Waals surface area (Å²) in [7, 11) is -10.0. The Bertz CT molecular complexity index is 2750. The average Bonchev–Trinajstić information content (AvgIpc) is 0.900. The molecule has 0 radical (unpaired) electrons. The number of phosphoric ester groups is 2. The van der Waals surface area contributed by atoms with Crippen LogP contribution in [0.4, 0.5) is 0 Å². The van der Waals surface area contributed by atoms with E-state index in [0.29, 0.717) is 32.1 Å². The summed E-state index contributed by atoms with van der Waals surface area (Å²) in [5.41, 5.74) is 0. The average molecular weight is 1580 g/mol. The van der Waals surface area contributed by atoms with Gasteiger partial charge in [-0.3, -0.25) is 37.3 Å². The third-order valence-electron chi connectivity index (χ3n) is 17.2. The molecule has 19 heteroatoms. The van der Waals surface area contributed by atoms with Crippen LogP contribution in [0, 0.1) is 0 Å². The maximum atomic E-state index is 13.1. The Hall–Kier alpha value is -5.58. The van der Waals surface area contributed by atoms with Crippen LogP contribution >= 0.6 is 15.6 Å². The van der Waals surface area contributed by atoms with Crippen molar-refractivity contribution < 1.29 is 80.2 Å². The molecule has 0 aliphatic rings. The maximum absolute atomic E-state index is 13.1. The topological polar surface area (TPSA) is 237 Å². The van der Waals surface area contributed by atoms with E-state index in [2.05, 4.69) is 180 Å². The van der Waals surface area contributed by atoms with Gasteiger partial charge in [0.05, 0.1) is 26.4 Å². The Morgan fingerprint density at radius 3 is 0.782 bits per heavy atom. The van der Waals surface area contributed by atoms with Gasteiger partial charge in [-0.2, -0.15) is 0 Å². The predicted molar refractivity (Wildman–Crippen MR) is 454 cm³/mol. The standard InChI is InChI=1S/C91H150O17P2/c1-5-9-13-17-21-25-29-33-37-40-42-45-49-52-56-60-64-68-72-76-89(94)102-82-87(108-91(96)78-74-70-66-62-58-54-50-46-43-41-38-34-30-26-22-18-14-10-6-2)84-106-110(99,100)104-80-85(92)79-103-109(97,98)105-83-86(107-90(95)77-73-69-65-61-57-53-47-36-32-28-24-20-16-12-8-4)81-101-88(93)75-71-67-63-59-55-51-48-44-39-35-31-27-23-19-15-11-7-3/h9,11,13,15,21-28,33-39,42-43,45-47,52,56,64,68,85-87,92H,5-8,10,12,14,16-20,29-32,40-41,44,48-51,53-55,57-63,65-67,69-84H2,1-4H3,(H,97,98)(H,99,100)/b13-9-,15-11-,25-21-,26-22-,27-23-,28-24-,37-33-,38-34-,39-35-,45-42-,46-43-,47-36-,56-52-,68-64-. The number of aliphatic hydroxyl groups excluding tert-OH is 1. The van der Waals surface area contributed by atoms with E-state index >= 15 is 0 Å². The van der Waals surface area contributed by atoms with E-state index in [1.165, 1.54) is 38.5 Å². The molecule has 0 saturated heterocycles. The van der Waals surface area contributed by atoms with Crippen LogP contribution in [0.25, 0.3) is 0 Å². The number of hydrogen-bond acceptors (Lipinski definition) is 15. The van der Waals surface area contributed by atoms with Crippen molar-refractivity contribution in [2.45, 2.75) is 341 Å². The Labute approximate surface area is 667 Å². The SMILES string of the molecule is CC/C=C\C/C=C\C/C=C\C/C=C\C/C=C\C/C=C\CCC(=O)OCC(COP(=O)(O)OCC(O)COP(=O)(O)OCC(COC(=O)CCCCCCCCC/C=C\C/C=C\C/C=C\CC)OC(=O)CCCCCCC/C=C\C/C=C\CCCCC)OC(=O)CCCCCCCC/C=C\C/C=C\C/C=C\CCCCC. The second kappa shape index (κ2) is 81.4. The first-order valence-corrected chi connectivity index (χ1v) is 45.4. The van der Waals surface area contributed by atoms with Crippen molar-refractivity contribution in [2.24, 2.45) is 0 Å². The molecule has 0 saturated carbocycles. The monoisotopic (exact) mass is 1580 g/mol. The minimum atomic E-state index is -5.01. The largest absolute Gasteiger partial charge is 0.472 e. The zero-order chi connectivity index (χ0) is 80.3. The van der Waals surface area contributed by atoms with Crippen molar-refractivity contribution in [3.63, 3.8) is 0 Å². The molecule has 626 valence electrons. The molecule has 0 spiro atoms. The molecule has 0 aliphatic heterocycles. The summed E-state index contributed by atoms with van der Waals surface area (Å²) in [6.45, 7) is 4.48. The number of unbranched alkanes of at least 4 members (excludes halogenated alkanes) is 24. The van der Waals surface area contributed by atoms with E-state index in [1.54, 1.807) is 0 Å². The van der Waals surface area contributed by atoms with Gasteiger partial charge in [0.25, 0.3) is 0 Å². The number of hydrogen-bond donors (Lipinski definition) is 3. The first kappa shape index (κ1) is 104. The third-order valence-corrected chi connectivity index (χ3v) is 19.1. The van der Waals surface area contributed by atoms with Crippen LogP contribution in [0.15, 0.2) is 170 Å². The number of carbonyl (C=O) groups excluding carboxylic acids is 4. The normalized spacial score (nSPS) is 14.6. The van der Waals surface area contributed by atoms with Gasteiger partial charge in [0.2, 0.25) is 0 Å². The van der Waals surface area contributed by atoms with Crippen molar-refractivity contribution in [1.82, 2.24) is 0 Å². The van der Waals surface area contributed by atoms with Gasteiger partial charge in [-0.25, -0.2) is 9.13 Å². The molecule has 0 heterocycles. The lowest BCUT2D eigenvalue weighted by Crippen LogP contribution is -2.30. The van der Waals surface area contributed by atoms with E-state index in [9.17, 15) is 43.2 Å². The second-order valence-electron chi connectivity index (χ2n) is 27.6. The Kier molecular flexibility index (Phi) is 77.3. The molecular weight excluding hydrogens is 1430 g/mol. The van der Waals surface area contributed by atoms with E-state index in [0.717, 1.165) is 199 Å². The third kappa shape index (κ3) is 80.5. The molecule has 0 bridgehead atoms. The number of ether oxygens (including phenoxy) is 4. The summed E-state index contributed by atoms with van der Waals surface area (Å²) >= 11 is 0. The molecule has 3 N–H and O–H groups in total. The van der Waals surface area contributed by atoms with Crippen molar-refractivity contribution in [1.29, 1.82) is 0 Å². The highest BCUT2D eigenvalue weighted by Gasteiger charge is 2.30.